The highest BCUT2D eigenvalue weighted by atomic mass is 19.4. The molecule has 1 amide bonds. The second-order valence-corrected chi connectivity index (χ2v) is 7.85. The smallest absolute Gasteiger partial charge is 0.475 e. The van der Waals surface area contributed by atoms with Gasteiger partial charge in [-0.05, 0) is 18.9 Å². The number of carboxylic acid groups (broad SMARTS) is 1. The maximum Gasteiger partial charge on any atom is 0.490 e. The van der Waals surface area contributed by atoms with Crippen LogP contribution >= 0.6 is 0 Å². The topological polar surface area (TPSA) is 105 Å². The molecule has 188 valence electrons. The Labute approximate surface area is 187 Å². The van der Waals surface area contributed by atoms with Crippen molar-refractivity contribution in [3.05, 3.63) is 29.8 Å². The Morgan fingerprint density at radius 2 is 1.76 bits per heavy atom. The van der Waals surface area contributed by atoms with Crippen LogP contribution < -0.4 is 10.6 Å². The number of hydrogen-bond donors (Lipinski definition) is 3. The highest BCUT2D eigenvalue weighted by Gasteiger charge is 2.38. The van der Waals surface area contributed by atoms with Gasteiger partial charge in [-0.15, -0.1) is 0 Å². The molecule has 2 aromatic heterocycles. The van der Waals surface area contributed by atoms with Crippen molar-refractivity contribution in [2.75, 3.05) is 13.2 Å². The Hall–Kier alpha value is -2.94. The summed E-state index contributed by atoms with van der Waals surface area (Å²) in [4.78, 5) is 25.4. The number of carbonyl (C=O) groups is 2. The van der Waals surface area contributed by atoms with Gasteiger partial charge in [0.05, 0.1) is 25.0 Å². The van der Waals surface area contributed by atoms with E-state index in [2.05, 4.69) is 15.6 Å². The van der Waals surface area contributed by atoms with Crippen molar-refractivity contribution >= 4 is 22.9 Å². The number of nitrogens with zero attached hydrogens (tertiary/aromatic N) is 2. The highest BCUT2D eigenvalue weighted by molar-refractivity contribution is 6.06. The number of carbonyl (C=O) groups excluding carboxylic acids is 1. The van der Waals surface area contributed by atoms with Crippen LogP contribution in [0.1, 0.15) is 23.2 Å². The number of nitrogens with one attached hydrogen (secondary N) is 2. The zero-order chi connectivity index (χ0) is 25.3. The molecule has 2 saturated heterocycles. The number of aliphatic carboxylic acids is 1. The summed E-state index contributed by atoms with van der Waals surface area (Å²) in [6.45, 7) is -0.184. The molecule has 2 bridgehead atoms. The van der Waals surface area contributed by atoms with Gasteiger partial charge < -0.3 is 25.0 Å². The van der Waals surface area contributed by atoms with Gasteiger partial charge in [0, 0.05) is 29.7 Å². The number of halogens is 7. The summed E-state index contributed by atoms with van der Waals surface area (Å²) < 4.78 is 90.1. The first kappa shape index (κ1) is 25.7. The first-order valence-electron chi connectivity index (χ1n) is 9.89. The number of amides is 1. The van der Waals surface area contributed by atoms with Crippen LogP contribution in [0.5, 0.6) is 0 Å². The van der Waals surface area contributed by atoms with Gasteiger partial charge in [0.2, 0.25) is 0 Å². The number of piperidine rings is 1. The monoisotopic (exact) mass is 500 g/mol. The van der Waals surface area contributed by atoms with E-state index in [0.29, 0.717) is 26.1 Å². The molecule has 2 fully saturated rings. The SMILES string of the molecule is O=C(N[C@H]1C[C@H]2COC[C@@H](C1)N2)c1cn(CC(F)(F)F)c2ncc(F)cc12.O=C(O)C(F)(F)F. The van der Waals surface area contributed by atoms with Crippen LogP contribution in [0.25, 0.3) is 11.0 Å². The summed E-state index contributed by atoms with van der Waals surface area (Å²) in [5, 5.41) is 13.5. The molecule has 15 heteroatoms. The van der Waals surface area contributed by atoms with Crippen LogP contribution in [0.4, 0.5) is 30.7 Å². The number of hydrogen-bond acceptors (Lipinski definition) is 5. The van der Waals surface area contributed by atoms with Crippen LogP contribution in [-0.4, -0.2) is 70.2 Å². The van der Waals surface area contributed by atoms with E-state index in [4.69, 9.17) is 14.6 Å². The van der Waals surface area contributed by atoms with E-state index in [1.807, 2.05) is 0 Å². The minimum absolute atomic E-state index is 0.0128. The number of fused-ring (bicyclic) bond motifs is 3. The number of alkyl halides is 6. The molecule has 0 saturated carbocycles. The Balaban J connectivity index is 0.000000406. The molecule has 0 aliphatic carbocycles. The van der Waals surface area contributed by atoms with Crippen LogP contribution in [0, 0.1) is 5.82 Å². The molecule has 3 atom stereocenters. The fourth-order valence-corrected chi connectivity index (χ4v) is 3.86. The van der Waals surface area contributed by atoms with Crippen LogP contribution in [0.15, 0.2) is 18.5 Å². The minimum Gasteiger partial charge on any atom is -0.475 e. The molecular weight excluding hydrogens is 481 g/mol. The molecule has 8 nitrogen and oxygen atoms in total. The number of aromatic nitrogens is 2. The Morgan fingerprint density at radius 1 is 1.18 bits per heavy atom. The lowest BCUT2D eigenvalue weighted by Crippen LogP contribution is -2.58. The van der Waals surface area contributed by atoms with Crippen LogP contribution in [-0.2, 0) is 16.1 Å². The third kappa shape index (κ3) is 6.56. The van der Waals surface area contributed by atoms with Crippen molar-refractivity contribution in [3.8, 4) is 0 Å². The average molecular weight is 500 g/mol. The number of rotatable bonds is 3. The summed E-state index contributed by atoms with van der Waals surface area (Å²) in [6, 6.07) is 1.18. The molecule has 4 rings (SSSR count). The fraction of sp³-hybridized carbons (Fsp3) is 0.526. The quantitative estimate of drug-likeness (QED) is 0.560. The third-order valence-corrected chi connectivity index (χ3v) is 5.10. The van der Waals surface area contributed by atoms with Gasteiger partial charge in [-0.2, -0.15) is 26.3 Å². The van der Waals surface area contributed by atoms with Gasteiger partial charge in [-0.3, -0.25) is 4.79 Å². The second kappa shape index (κ2) is 9.74. The van der Waals surface area contributed by atoms with Crippen molar-refractivity contribution in [1.82, 2.24) is 20.2 Å². The normalized spacial score (nSPS) is 22.6. The van der Waals surface area contributed by atoms with Gasteiger partial charge in [-0.25, -0.2) is 14.2 Å². The van der Waals surface area contributed by atoms with Gasteiger partial charge in [-0.1, -0.05) is 0 Å². The number of carboxylic acids is 1. The number of morpholine rings is 1. The van der Waals surface area contributed by atoms with E-state index in [0.717, 1.165) is 23.0 Å². The lowest BCUT2D eigenvalue weighted by molar-refractivity contribution is -0.192. The molecule has 2 aromatic rings. The van der Waals surface area contributed by atoms with Crippen molar-refractivity contribution < 1.29 is 50.2 Å². The van der Waals surface area contributed by atoms with E-state index in [1.54, 1.807) is 0 Å². The number of pyridine rings is 1. The molecule has 0 aromatic carbocycles. The largest absolute Gasteiger partial charge is 0.490 e. The standard InChI is InChI=1S/C17H18F4N4O2.C2HF3O2/c18-9-1-13-14(5-25(8-17(19,20)21)15(13)22-4-9)16(26)24-10-2-11-6-27-7-12(3-10)23-11;3-2(4,5)1(6)7/h1,4-5,10-12,23H,2-3,6-8H2,(H,24,26);(H,6,7)/t10-,11-,12+;. The lowest BCUT2D eigenvalue weighted by atomic mass is 9.92. The molecule has 2 aliphatic rings. The maximum absolute atomic E-state index is 13.6. The first-order chi connectivity index (χ1) is 15.7. The summed E-state index contributed by atoms with van der Waals surface area (Å²) >= 11 is 0. The molecule has 4 heterocycles. The minimum atomic E-state index is -5.08. The van der Waals surface area contributed by atoms with E-state index in [9.17, 15) is 35.5 Å². The molecule has 0 spiro atoms. The van der Waals surface area contributed by atoms with Crippen molar-refractivity contribution in [2.45, 2.75) is 49.9 Å². The highest BCUT2D eigenvalue weighted by Crippen LogP contribution is 2.26. The molecule has 2 aliphatic heterocycles. The van der Waals surface area contributed by atoms with Crippen molar-refractivity contribution in [3.63, 3.8) is 0 Å². The summed E-state index contributed by atoms with van der Waals surface area (Å²) in [7, 11) is 0. The third-order valence-electron chi connectivity index (χ3n) is 5.10. The maximum atomic E-state index is 13.6. The summed E-state index contributed by atoms with van der Waals surface area (Å²) in [5.74, 6) is -4.00. The zero-order valence-electron chi connectivity index (χ0n) is 17.2. The lowest BCUT2D eigenvalue weighted by Gasteiger charge is -2.40. The molecule has 0 unspecified atom stereocenters. The fourth-order valence-electron chi connectivity index (χ4n) is 3.86. The zero-order valence-corrected chi connectivity index (χ0v) is 17.2. The summed E-state index contributed by atoms with van der Waals surface area (Å²) in [6.07, 6.45) is -6.32. The van der Waals surface area contributed by atoms with E-state index in [1.165, 1.54) is 0 Å². The van der Waals surface area contributed by atoms with Crippen molar-refractivity contribution in [2.24, 2.45) is 0 Å². The Morgan fingerprint density at radius 3 is 2.29 bits per heavy atom. The first-order valence-corrected chi connectivity index (χ1v) is 9.89. The van der Waals surface area contributed by atoms with Gasteiger partial charge in [0.1, 0.15) is 18.0 Å². The van der Waals surface area contributed by atoms with Gasteiger partial charge >= 0.3 is 18.3 Å². The molecule has 0 radical (unpaired) electrons. The van der Waals surface area contributed by atoms with E-state index in [-0.39, 0.29) is 34.7 Å². The van der Waals surface area contributed by atoms with Crippen LogP contribution in [0.3, 0.4) is 0 Å². The average Bonchev–Trinajstić information content (AvgIpc) is 3.03. The van der Waals surface area contributed by atoms with Gasteiger partial charge in [0.15, 0.2) is 0 Å². The summed E-state index contributed by atoms with van der Waals surface area (Å²) in [5.41, 5.74) is -0.0874. The molecular formula is C19H19F7N4O4. The van der Waals surface area contributed by atoms with Gasteiger partial charge in [0.25, 0.3) is 5.91 Å². The predicted octanol–water partition coefficient (Wildman–Crippen LogP) is 2.62. The second-order valence-electron chi connectivity index (χ2n) is 7.85. The Bertz CT molecular complexity index is 1040. The van der Waals surface area contributed by atoms with Crippen molar-refractivity contribution in [1.29, 1.82) is 0 Å². The predicted molar refractivity (Wildman–Crippen MR) is 101 cm³/mol. The van der Waals surface area contributed by atoms with E-state index < -0.39 is 36.6 Å². The van der Waals surface area contributed by atoms with E-state index >= 15 is 0 Å². The Kier molecular flexibility index (Phi) is 7.35. The molecule has 3 N–H and O–H groups in total. The number of ether oxygens (including phenoxy) is 1. The molecule has 34 heavy (non-hydrogen) atoms. The van der Waals surface area contributed by atoms with Crippen LogP contribution in [0.2, 0.25) is 0 Å².